The maximum absolute atomic E-state index is 12.1. The number of carboxylic acids is 2. The number of aliphatic carboxylic acids is 2. The van der Waals surface area contributed by atoms with Crippen molar-refractivity contribution >= 4 is 17.8 Å². The van der Waals surface area contributed by atoms with Crippen molar-refractivity contribution in [3.8, 4) is 0 Å². The molecular formula is C12H17F3N2O5. The van der Waals surface area contributed by atoms with E-state index in [0.29, 0.717) is 6.54 Å². The van der Waals surface area contributed by atoms with Crippen molar-refractivity contribution in [1.29, 1.82) is 0 Å². The average molecular weight is 326 g/mol. The fraction of sp³-hybridized carbons (Fsp3) is 0.750. The zero-order valence-electron chi connectivity index (χ0n) is 11.7. The number of piperidine rings is 1. The van der Waals surface area contributed by atoms with Gasteiger partial charge in [-0.15, -0.1) is 0 Å². The number of halogens is 3. The molecule has 2 heterocycles. The van der Waals surface area contributed by atoms with Crippen LogP contribution in [0.4, 0.5) is 13.2 Å². The van der Waals surface area contributed by atoms with E-state index in [9.17, 15) is 22.8 Å². The van der Waals surface area contributed by atoms with E-state index >= 15 is 0 Å². The molecule has 7 nitrogen and oxygen atoms in total. The van der Waals surface area contributed by atoms with Crippen molar-refractivity contribution in [2.24, 2.45) is 0 Å². The predicted molar refractivity (Wildman–Crippen MR) is 67.1 cm³/mol. The van der Waals surface area contributed by atoms with Gasteiger partial charge in [-0.05, 0) is 32.2 Å². The third-order valence-electron chi connectivity index (χ3n) is 3.54. The highest BCUT2D eigenvalue weighted by atomic mass is 19.4. The van der Waals surface area contributed by atoms with Gasteiger partial charge < -0.3 is 20.4 Å². The number of alkyl halides is 3. The van der Waals surface area contributed by atoms with Gasteiger partial charge in [0.25, 0.3) is 0 Å². The van der Waals surface area contributed by atoms with Crippen LogP contribution in [0.5, 0.6) is 0 Å². The number of carboxylic acid groups (broad SMARTS) is 2. The van der Waals surface area contributed by atoms with E-state index in [1.54, 1.807) is 0 Å². The molecule has 0 unspecified atom stereocenters. The molecule has 1 atom stereocenters. The van der Waals surface area contributed by atoms with Crippen molar-refractivity contribution in [2.45, 2.75) is 37.4 Å². The van der Waals surface area contributed by atoms with Crippen LogP contribution in [0.2, 0.25) is 0 Å². The Morgan fingerprint density at radius 3 is 2.18 bits per heavy atom. The topological polar surface area (TPSA) is 107 Å². The summed E-state index contributed by atoms with van der Waals surface area (Å²) < 4.78 is 31.7. The Hall–Kier alpha value is -1.84. The van der Waals surface area contributed by atoms with E-state index in [-0.39, 0.29) is 12.5 Å². The van der Waals surface area contributed by atoms with Crippen LogP contribution < -0.4 is 5.32 Å². The highest BCUT2D eigenvalue weighted by Gasteiger charge is 2.45. The molecule has 0 saturated carbocycles. The number of hydrogen-bond acceptors (Lipinski definition) is 4. The number of carbonyl (C=O) groups excluding carboxylic acids is 1. The number of amides is 1. The predicted octanol–water partition coefficient (Wildman–Crippen LogP) is 0.449. The van der Waals surface area contributed by atoms with E-state index in [1.165, 1.54) is 4.90 Å². The summed E-state index contributed by atoms with van der Waals surface area (Å²) in [7, 11) is 0. The van der Waals surface area contributed by atoms with E-state index in [4.69, 9.17) is 15.0 Å². The quantitative estimate of drug-likeness (QED) is 0.680. The molecule has 1 amide bonds. The van der Waals surface area contributed by atoms with Gasteiger partial charge in [0, 0.05) is 6.54 Å². The van der Waals surface area contributed by atoms with Gasteiger partial charge in [0.2, 0.25) is 5.91 Å². The van der Waals surface area contributed by atoms with Gasteiger partial charge in [-0.2, -0.15) is 13.2 Å². The molecule has 2 saturated heterocycles. The molecule has 1 spiro atoms. The summed E-state index contributed by atoms with van der Waals surface area (Å²) in [6.45, 7) is 1.28. The molecule has 126 valence electrons. The van der Waals surface area contributed by atoms with Gasteiger partial charge in [0.1, 0.15) is 6.54 Å². The number of rotatable bonds is 2. The Balaban J connectivity index is 0.000000295. The number of likely N-dealkylation sites (tertiary alicyclic amines) is 1. The zero-order valence-corrected chi connectivity index (χ0v) is 11.7. The van der Waals surface area contributed by atoms with Gasteiger partial charge in [0.15, 0.2) is 0 Å². The lowest BCUT2D eigenvalue weighted by Gasteiger charge is -2.38. The van der Waals surface area contributed by atoms with Crippen LogP contribution in [-0.2, 0) is 14.4 Å². The summed E-state index contributed by atoms with van der Waals surface area (Å²) in [6, 6.07) is 0. The van der Waals surface area contributed by atoms with Crippen LogP contribution in [0.3, 0.4) is 0 Å². The van der Waals surface area contributed by atoms with Gasteiger partial charge in [-0.3, -0.25) is 9.59 Å². The van der Waals surface area contributed by atoms with E-state index in [1.807, 2.05) is 0 Å². The number of carbonyl (C=O) groups is 3. The Bertz CT molecular complexity index is 447. The molecule has 0 bridgehead atoms. The van der Waals surface area contributed by atoms with Crippen LogP contribution >= 0.6 is 0 Å². The van der Waals surface area contributed by atoms with E-state index < -0.39 is 23.7 Å². The summed E-state index contributed by atoms with van der Waals surface area (Å²) in [5.74, 6) is -3.71. The largest absolute Gasteiger partial charge is 0.490 e. The molecule has 0 aromatic carbocycles. The second-order valence-electron chi connectivity index (χ2n) is 5.14. The lowest BCUT2D eigenvalue weighted by atomic mass is 9.86. The zero-order chi connectivity index (χ0) is 17.0. The molecule has 3 N–H and O–H groups in total. The monoisotopic (exact) mass is 326 g/mol. The maximum Gasteiger partial charge on any atom is 0.490 e. The molecule has 22 heavy (non-hydrogen) atoms. The van der Waals surface area contributed by atoms with Crippen LogP contribution in [-0.4, -0.2) is 64.3 Å². The van der Waals surface area contributed by atoms with Gasteiger partial charge >= 0.3 is 18.1 Å². The Morgan fingerprint density at radius 1 is 1.23 bits per heavy atom. The summed E-state index contributed by atoms with van der Waals surface area (Å²) >= 11 is 0. The first-order valence-corrected chi connectivity index (χ1v) is 6.65. The first-order chi connectivity index (χ1) is 10.1. The van der Waals surface area contributed by atoms with Crippen LogP contribution in [0, 0.1) is 0 Å². The molecule has 2 fully saturated rings. The SMILES string of the molecule is O=C(O)C(F)(F)F.O=C(O)CN1CCC[C@]2(CCCN2)C1=O. The molecule has 0 radical (unpaired) electrons. The normalized spacial score (nSPS) is 24.9. The smallest absolute Gasteiger partial charge is 0.480 e. The molecule has 10 heteroatoms. The lowest BCUT2D eigenvalue weighted by molar-refractivity contribution is -0.192. The van der Waals surface area contributed by atoms with Crippen molar-refractivity contribution < 1.29 is 37.8 Å². The van der Waals surface area contributed by atoms with Gasteiger partial charge in [-0.25, -0.2) is 4.79 Å². The third kappa shape index (κ3) is 4.58. The Morgan fingerprint density at radius 2 is 1.77 bits per heavy atom. The minimum absolute atomic E-state index is 0.0198. The van der Waals surface area contributed by atoms with Crippen LogP contribution in [0.15, 0.2) is 0 Å². The van der Waals surface area contributed by atoms with Crippen molar-refractivity contribution in [3.63, 3.8) is 0 Å². The van der Waals surface area contributed by atoms with Crippen molar-refractivity contribution in [2.75, 3.05) is 19.6 Å². The van der Waals surface area contributed by atoms with Gasteiger partial charge in [-0.1, -0.05) is 0 Å². The minimum Gasteiger partial charge on any atom is -0.480 e. The highest BCUT2D eigenvalue weighted by Crippen LogP contribution is 2.30. The molecule has 2 rings (SSSR count). The summed E-state index contributed by atoms with van der Waals surface area (Å²) in [5, 5.41) is 19.1. The first kappa shape index (κ1) is 18.2. The summed E-state index contributed by atoms with van der Waals surface area (Å²) in [4.78, 5) is 33.0. The maximum atomic E-state index is 12.1. The fourth-order valence-electron chi connectivity index (χ4n) is 2.60. The highest BCUT2D eigenvalue weighted by molar-refractivity contribution is 5.90. The second-order valence-corrected chi connectivity index (χ2v) is 5.14. The molecule has 2 aliphatic heterocycles. The molecule has 0 aromatic heterocycles. The van der Waals surface area contributed by atoms with E-state index in [2.05, 4.69) is 5.32 Å². The number of nitrogens with one attached hydrogen (secondary N) is 1. The third-order valence-corrected chi connectivity index (χ3v) is 3.54. The van der Waals surface area contributed by atoms with Crippen LogP contribution in [0.25, 0.3) is 0 Å². The first-order valence-electron chi connectivity index (χ1n) is 6.65. The Kier molecular flexibility index (Phi) is 5.75. The van der Waals surface area contributed by atoms with E-state index in [0.717, 1.165) is 32.2 Å². The van der Waals surface area contributed by atoms with Crippen molar-refractivity contribution in [1.82, 2.24) is 10.2 Å². The second kappa shape index (κ2) is 6.95. The average Bonchev–Trinajstić information content (AvgIpc) is 2.84. The Labute approximate surface area is 124 Å². The number of nitrogens with zero attached hydrogens (tertiary/aromatic N) is 1. The number of hydrogen-bond donors (Lipinski definition) is 3. The fourth-order valence-corrected chi connectivity index (χ4v) is 2.60. The standard InChI is InChI=1S/C10H16N2O3.C2HF3O2/c13-8(14)7-12-6-2-4-10(9(12)15)3-1-5-11-10;3-2(4,5)1(6)7/h11H,1-7H2,(H,13,14);(H,6,7)/t10-;/m1./s1. The lowest BCUT2D eigenvalue weighted by Crippen LogP contribution is -2.59. The molecule has 0 aliphatic carbocycles. The summed E-state index contributed by atoms with van der Waals surface area (Å²) in [5.41, 5.74) is -0.437. The van der Waals surface area contributed by atoms with Crippen molar-refractivity contribution in [3.05, 3.63) is 0 Å². The molecule has 2 aliphatic rings. The van der Waals surface area contributed by atoms with Gasteiger partial charge in [0.05, 0.1) is 5.54 Å². The van der Waals surface area contributed by atoms with Crippen LogP contribution in [0.1, 0.15) is 25.7 Å². The molecular weight excluding hydrogens is 309 g/mol. The molecule has 0 aromatic rings. The minimum atomic E-state index is -5.08. The summed E-state index contributed by atoms with van der Waals surface area (Å²) in [6.07, 6.45) is -1.48.